The number of halogens is 2. The average Bonchev–Trinajstić information content (AvgIpc) is 3.32. The molecule has 1 atom stereocenters. The van der Waals surface area contributed by atoms with Crippen molar-refractivity contribution in [2.24, 2.45) is 0 Å². The first-order valence-electron chi connectivity index (χ1n) is 12.7. The molecule has 0 saturated carbocycles. The molecule has 5 rings (SSSR count). The summed E-state index contributed by atoms with van der Waals surface area (Å²) < 4.78 is 31.2. The SMILES string of the molecule is CCN1CCN(Cc2ccc(Nc3ncc(F)c(-c4cc(F)c5cnn(C(C)C)c5c4)n3)nc2)CC1C. The molecule has 1 saturated heterocycles. The van der Waals surface area contributed by atoms with E-state index in [0.29, 0.717) is 28.3 Å². The quantitative estimate of drug-likeness (QED) is 0.377. The lowest BCUT2D eigenvalue weighted by Crippen LogP contribution is -2.51. The number of hydrogen-bond donors (Lipinski definition) is 1. The summed E-state index contributed by atoms with van der Waals surface area (Å²) in [5, 5.41) is 7.69. The third-order valence-corrected chi connectivity index (χ3v) is 6.90. The number of hydrogen-bond acceptors (Lipinski definition) is 7. The zero-order valence-electron chi connectivity index (χ0n) is 21.6. The Bertz CT molecular complexity index is 1390. The number of aromatic nitrogens is 5. The number of nitrogens with one attached hydrogen (secondary N) is 1. The number of likely N-dealkylation sites (N-methyl/N-ethyl adjacent to an activating group) is 1. The van der Waals surface area contributed by atoms with Gasteiger partial charge in [-0.3, -0.25) is 14.5 Å². The van der Waals surface area contributed by atoms with Crippen LogP contribution in [-0.2, 0) is 6.54 Å². The highest BCUT2D eigenvalue weighted by Crippen LogP contribution is 2.29. The summed E-state index contributed by atoms with van der Waals surface area (Å²) >= 11 is 0. The summed E-state index contributed by atoms with van der Waals surface area (Å²) in [6.07, 6.45) is 4.40. The van der Waals surface area contributed by atoms with E-state index in [1.54, 1.807) is 10.7 Å². The van der Waals surface area contributed by atoms with Gasteiger partial charge in [0.1, 0.15) is 17.3 Å². The first-order chi connectivity index (χ1) is 17.8. The minimum Gasteiger partial charge on any atom is -0.309 e. The number of benzene rings is 1. The van der Waals surface area contributed by atoms with Crippen LogP contribution in [0.4, 0.5) is 20.5 Å². The largest absolute Gasteiger partial charge is 0.309 e. The highest BCUT2D eigenvalue weighted by molar-refractivity contribution is 5.84. The maximum Gasteiger partial charge on any atom is 0.229 e. The van der Waals surface area contributed by atoms with Crippen LogP contribution in [0.5, 0.6) is 0 Å². The number of fused-ring (bicyclic) bond motifs is 1. The molecule has 1 aliphatic heterocycles. The molecule has 37 heavy (non-hydrogen) atoms. The zero-order chi connectivity index (χ0) is 26.1. The normalized spacial score (nSPS) is 17.1. The minimum atomic E-state index is -0.638. The Morgan fingerprint density at radius 3 is 2.59 bits per heavy atom. The molecular weight excluding hydrogens is 474 g/mol. The van der Waals surface area contributed by atoms with Crippen LogP contribution in [0.15, 0.2) is 42.9 Å². The molecule has 0 bridgehead atoms. The summed E-state index contributed by atoms with van der Waals surface area (Å²) in [6.45, 7) is 13.4. The number of rotatable bonds is 7. The van der Waals surface area contributed by atoms with Crippen LogP contribution in [0, 0.1) is 11.6 Å². The first-order valence-corrected chi connectivity index (χ1v) is 12.7. The van der Waals surface area contributed by atoms with Crippen molar-refractivity contribution >= 4 is 22.7 Å². The van der Waals surface area contributed by atoms with Crippen LogP contribution >= 0.6 is 0 Å². The first kappa shape index (κ1) is 25.2. The summed E-state index contributed by atoms with van der Waals surface area (Å²) in [5.41, 5.74) is 2.03. The second kappa shape index (κ2) is 10.5. The van der Waals surface area contributed by atoms with Crippen LogP contribution in [0.1, 0.15) is 39.3 Å². The number of nitrogens with zero attached hydrogens (tertiary/aromatic N) is 7. The van der Waals surface area contributed by atoms with E-state index in [-0.39, 0.29) is 17.7 Å². The van der Waals surface area contributed by atoms with E-state index in [1.807, 2.05) is 32.2 Å². The summed E-state index contributed by atoms with van der Waals surface area (Å²) in [6, 6.07) is 7.43. The molecule has 194 valence electrons. The molecule has 1 aromatic carbocycles. The molecule has 0 spiro atoms. The Hall–Kier alpha value is -3.50. The second-order valence-electron chi connectivity index (χ2n) is 9.85. The Morgan fingerprint density at radius 2 is 1.89 bits per heavy atom. The van der Waals surface area contributed by atoms with Crippen molar-refractivity contribution in [1.82, 2.24) is 34.5 Å². The van der Waals surface area contributed by atoms with Gasteiger partial charge in [0.25, 0.3) is 0 Å². The molecule has 4 aromatic rings. The molecule has 10 heteroatoms. The van der Waals surface area contributed by atoms with Crippen molar-refractivity contribution in [2.75, 3.05) is 31.5 Å². The van der Waals surface area contributed by atoms with Gasteiger partial charge in [-0.1, -0.05) is 13.0 Å². The molecule has 0 aliphatic carbocycles. The molecule has 1 N–H and O–H groups in total. The maximum absolute atomic E-state index is 14.8. The predicted octanol–water partition coefficient (Wildman–Crippen LogP) is 5.02. The van der Waals surface area contributed by atoms with E-state index >= 15 is 0 Å². The van der Waals surface area contributed by atoms with Crippen molar-refractivity contribution < 1.29 is 8.78 Å². The van der Waals surface area contributed by atoms with Crippen LogP contribution < -0.4 is 5.32 Å². The zero-order valence-corrected chi connectivity index (χ0v) is 21.6. The van der Waals surface area contributed by atoms with Crippen molar-refractivity contribution in [3.63, 3.8) is 0 Å². The van der Waals surface area contributed by atoms with Crippen LogP contribution in [0.3, 0.4) is 0 Å². The standard InChI is InChI=1S/C27H32F2N8/c1-5-36-9-8-35(15-18(36)4)16-19-6-7-25(30-12-19)33-27-31-14-23(29)26(34-27)20-10-22(28)21-13-32-37(17(2)3)24(21)11-20/h6-7,10-14,17-18H,5,8-9,15-16H2,1-4H3,(H,30,31,33,34). The van der Waals surface area contributed by atoms with Gasteiger partial charge >= 0.3 is 0 Å². The Balaban J connectivity index is 1.33. The van der Waals surface area contributed by atoms with Gasteiger partial charge in [-0.25, -0.2) is 23.7 Å². The molecule has 1 aliphatic rings. The summed E-state index contributed by atoms with van der Waals surface area (Å²) in [5.74, 6) is -0.390. The number of piperazine rings is 1. The molecule has 1 fully saturated rings. The van der Waals surface area contributed by atoms with Crippen LogP contribution in [0.25, 0.3) is 22.2 Å². The van der Waals surface area contributed by atoms with Crippen LogP contribution in [0.2, 0.25) is 0 Å². The Morgan fingerprint density at radius 1 is 1.05 bits per heavy atom. The molecule has 0 amide bonds. The monoisotopic (exact) mass is 506 g/mol. The smallest absolute Gasteiger partial charge is 0.229 e. The van der Waals surface area contributed by atoms with Crippen molar-refractivity contribution in [3.8, 4) is 11.3 Å². The van der Waals surface area contributed by atoms with E-state index in [4.69, 9.17) is 0 Å². The summed E-state index contributed by atoms with van der Waals surface area (Å²) in [4.78, 5) is 17.8. The van der Waals surface area contributed by atoms with Gasteiger partial charge in [0.05, 0.1) is 23.3 Å². The molecule has 0 radical (unpaired) electrons. The second-order valence-corrected chi connectivity index (χ2v) is 9.85. The lowest BCUT2D eigenvalue weighted by atomic mass is 10.1. The highest BCUT2D eigenvalue weighted by Gasteiger charge is 2.22. The average molecular weight is 507 g/mol. The molecule has 4 heterocycles. The van der Waals surface area contributed by atoms with Gasteiger partial charge in [0.2, 0.25) is 5.95 Å². The third kappa shape index (κ3) is 5.30. The van der Waals surface area contributed by atoms with Crippen LogP contribution in [-0.4, -0.2) is 66.8 Å². The fourth-order valence-electron chi connectivity index (χ4n) is 4.93. The molecule has 1 unspecified atom stereocenters. The fourth-order valence-corrected chi connectivity index (χ4v) is 4.93. The van der Waals surface area contributed by atoms with Gasteiger partial charge < -0.3 is 5.32 Å². The fraction of sp³-hybridized carbons (Fsp3) is 0.407. The van der Waals surface area contributed by atoms with E-state index in [2.05, 4.69) is 49.0 Å². The lowest BCUT2D eigenvalue weighted by molar-refractivity contribution is 0.0834. The van der Waals surface area contributed by atoms with E-state index in [9.17, 15) is 8.78 Å². The predicted molar refractivity (Wildman–Crippen MR) is 141 cm³/mol. The molecular formula is C27H32F2N8. The highest BCUT2D eigenvalue weighted by atomic mass is 19.1. The van der Waals surface area contributed by atoms with Gasteiger partial charge in [0.15, 0.2) is 5.82 Å². The van der Waals surface area contributed by atoms with Crippen molar-refractivity contribution in [1.29, 1.82) is 0 Å². The maximum atomic E-state index is 14.8. The molecule has 3 aromatic heterocycles. The lowest BCUT2D eigenvalue weighted by Gasteiger charge is -2.39. The van der Waals surface area contributed by atoms with Gasteiger partial charge in [-0.2, -0.15) is 5.10 Å². The topological polar surface area (TPSA) is 75.0 Å². The molecule has 8 nitrogen and oxygen atoms in total. The van der Waals surface area contributed by atoms with E-state index < -0.39 is 11.6 Å². The number of pyridine rings is 1. The van der Waals surface area contributed by atoms with Crippen molar-refractivity contribution in [2.45, 2.75) is 46.3 Å². The van der Waals surface area contributed by atoms with Gasteiger partial charge in [-0.05, 0) is 51.1 Å². The van der Waals surface area contributed by atoms with E-state index in [1.165, 1.54) is 12.3 Å². The van der Waals surface area contributed by atoms with Gasteiger partial charge in [-0.15, -0.1) is 0 Å². The number of anilines is 2. The third-order valence-electron chi connectivity index (χ3n) is 6.90. The minimum absolute atomic E-state index is 0.00627. The van der Waals surface area contributed by atoms with E-state index in [0.717, 1.165) is 44.5 Å². The Kier molecular flexibility index (Phi) is 7.12. The van der Waals surface area contributed by atoms with Gasteiger partial charge in [0, 0.05) is 50.0 Å². The summed E-state index contributed by atoms with van der Waals surface area (Å²) in [7, 11) is 0. The van der Waals surface area contributed by atoms with Crippen molar-refractivity contribution in [3.05, 3.63) is 60.1 Å². The Labute approximate surface area is 215 Å².